The molecule has 6 nitrogen and oxygen atoms in total. The van der Waals surface area contributed by atoms with Crippen LogP contribution in [0, 0.1) is 0 Å². The molecule has 0 saturated heterocycles. The second kappa shape index (κ2) is 7.90. The summed E-state index contributed by atoms with van der Waals surface area (Å²) in [6, 6.07) is 14.1. The lowest BCUT2D eigenvalue weighted by Crippen LogP contribution is -2.41. The molecule has 0 fully saturated rings. The van der Waals surface area contributed by atoms with E-state index >= 15 is 0 Å². The fourth-order valence-electron chi connectivity index (χ4n) is 2.36. The molecule has 0 saturated carbocycles. The number of carbonyl (C=O) groups is 2. The van der Waals surface area contributed by atoms with Gasteiger partial charge in [0.05, 0.1) is 18.7 Å². The maximum absolute atomic E-state index is 12.0. The van der Waals surface area contributed by atoms with E-state index in [1.807, 2.05) is 6.07 Å². The summed E-state index contributed by atoms with van der Waals surface area (Å²) in [5.74, 6) is 0.627. The summed E-state index contributed by atoms with van der Waals surface area (Å²) in [6.45, 7) is 0.639. The Labute approximate surface area is 150 Å². The Balaban J connectivity index is 1.42. The standard InChI is InChI=1S/C18H17ClN2O4/c19-12-5-7-13(8-6-12)24-10-9-20-17(22)11-16-18(23)21-14-3-1-2-4-15(14)25-16/h1-8,16H,9-11H2,(H,20,22)(H,21,23)/t16-/m0/s1. The zero-order valence-electron chi connectivity index (χ0n) is 13.3. The molecule has 0 radical (unpaired) electrons. The fraction of sp³-hybridized carbons (Fsp3) is 0.222. The van der Waals surface area contributed by atoms with Crippen molar-refractivity contribution in [3.63, 3.8) is 0 Å². The van der Waals surface area contributed by atoms with Crippen LogP contribution >= 0.6 is 11.6 Å². The number of ether oxygens (including phenoxy) is 2. The predicted molar refractivity (Wildman–Crippen MR) is 94.1 cm³/mol. The minimum Gasteiger partial charge on any atom is -0.492 e. The molecule has 130 valence electrons. The minimum absolute atomic E-state index is 0.0545. The van der Waals surface area contributed by atoms with E-state index in [1.165, 1.54) is 0 Å². The first-order valence-electron chi connectivity index (χ1n) is 7.83. The molecular formula is C18H17ClN2O4. The molecule has 2 N–H and O–H groups in total. The minimum atomic E-state index is -0.841. The van der Waals surface area contributed by atoms with Gasteiger partial charge in [-0.25, -0.2) is 0 Å². The smallest absolute Gasteiger partial charge is 0.266 e. The van der Waals surface area contributed by atoms with Gasteiger partial charge in [-0.1, -0.05) is 23.7 Å². The van der Waals surface area contributed by atoms with Crippen LogP contribution in [0.5, 0.6) is 11.5 Å². The highest BCUT2D eigenvalue weighted by molar-refractivity contribution is 6.30. The molecule has 1 aliphatic rings. The van der Waals surface area contributed by atoms with Crippen molar-refractivity contribution in [2.45, 2.75) is 12.5 Å². The molecule has 0 aromatic heterocycles. The first-order chi connectivity index (χ1) is 12.1. The van der Waals surface area contributed by atoms with E-state index in [-0.39, 0.29) is 18.2 Å². The van der Waals surface area contributed by atoms with Gasteiger partial charge in [0.25, 0.3) is 5.91 Å². The van der Waals surface area contributed by atoms with E-state index in [0.29, 0.717) is 35.4 Å². The zero-order valence-corrected chi connectivity index (χ0v) is 14.1. The monoisotopic (exact) mass is 360 g/mol. The van der Waals surface area contributed by atoms with E-state index in [9.17, 15) is 9.59 Å². The highest BCUT2D eigenvalue weighted by atomic mass is 35.5. The van der Waals surface area contributed by atoms with Crippen molar-refractivity contribution in [2.24, 2.45) is 0 Å². The van der Waals surface area contributed by atoms with E-state index in [4.69, 9.17) is 21.1 Å². The number of amides is 2. The second-order valence-electron chi connectivity index (χ2n) is 5.45. The largest absolute Gasteiger partial charge is 0.492 e. The Morgan fingerprint density at radius 2 is 1.96 bits per heavy atom. The first kappa shape index (κ1) is 17.1. The number of nitrogens with one attached hydrogen (secondary N) is 2. The Hall–Kier alpha value is -2.73. The molecule has 0 aliphatic carbocycles. The van der Waals surface area contributed by atoms with Crippen molar-refractivity contribution < 1.29 is 19.1 Å². The third-order valence-electron chi connectivity index (χ3n) is 3.58. The average molecular weight is 361 g/mol. The predicted octanol–water partition coefficient (Wildman–Crippen LogP) is 2.62. The van der Waals surface area contributed by atoms with Crippen molar-refractivity contribution in [1.82, 2.24) is 5.32 Å². The molecular weight excluding hydrogens is 344 g/mol. The van der Waals surface area contributed by atoms with Gasteiger partial charge in [-0.2, -0.15) is 0 Å². The third-order valence-corrected chi connectivity index (χ3v) is 3.84. The molecule has 0 spiro atoms. The number of benzene rings is 2. The molecule has 1 atom stereocenters. The Morgan fingerprint density at radius 1 is 1.20 bits per heavy atom. The van der Waals surface area contributed by atoms with Crippen LogP contribution in [-0.4, -0.2) is 31.1 Å². The molecule has 0 bridgehead atoms. The molecule has 2 aromatic carbocycles. The van der Waals surface area contributed by atoms with Gasteiger partial charge in [0.2, 0.25) is 5.91 Å². The number of para-hydroxylation sites is 2. The fourth-order valence-corrected chi connectivity index (χ4v) is 2.48. The highest BCUT2D eigenvalue weighted by Crippen LogP contribution is 2.29. The highest BCUT2D eigenvalue weighted by Gasteiger charge is 2.29. The van der Waals surface area contributed by atoms with E-state index in [1.54, 1.807) is 42.5 Å². The molecule has 7 heteroatoms. The number of hydrogen-bond donors (Lipinski definition) is 2. The van der Waals surface area contributed by atoms with Crippen LogP contribution in [0.2, 0.25) is 5.02 Å². The van der Waals surface area contributed by atoms with Gasteiger partial charge >= 0.3 is 0 Å². The van der Waals surface area contributed by atoms with Crippen molar-refractivity contribution >= 4 is 29.1 Å². The summed E-state index contributed by atoms with van der Waals surface area (Å²) in [7, 11) is 0. The van der Waals surface area contributed by atoms with Crippen LogP contribution in [-0.2, 0) is 9.59 Å². The van der Waals surface area contributed by atoms with E-state index < -0.39 is 6.10 Å². The summed E-state index contributed by atoms with van der Waals surface area (Å²) in [5, 5.41) is 6.07. The van der Waals surface area contributed by atoms with E-state index in [0.717, 1.165) is 0 Å². The van der Waals surface area contributed by atoms with Gasteiger partial charge < -0.3 is 20.1 Å². The molecule has 25 heavy (non-hydrogen) atoms. The van der Waals surface area contributed by atoms with E-state index in [2.05, 4.69) is 10.6 Å². The van der Waals surface area contributed by atoms with Crippen molar-refractivity contribution in [1.29, 1.82) is 0 Å². The van der Waals surface area contributed by atoms with Gasteiger partial charge in [0.1, 0.15) is 18.1 Å². The van der Waals surface area contributed by atoms with Crippen LogP contribution in [0.4, 0.5) is 5.69 Å². The molecule has 0 unspecified atom stereocenters. The maximum Gasteiger partial charge on any atom is 0.266 e. The molecule has 2 amide bonds. The van der Waals surface area contributed by atoms with Crippen LogP contribution in [0.1, 0.15) is 6.42 Å². The average Bonchev–Trinajstić information content (AvgIpc) is 2.61. The molecule has 1 heterocycles. The van der Waals surface area contributed by atoms with Crippen molar-refractivity contribution in [3.05, 3.63) is 53.6 Å². The first-order valence-corrected chi connectivity index (χ1v) is 8.21. The Kier molecular flexibility index (Phi) is 5.40. The van der Waals surface area contributed by atoms with Crippen LogP contribution in [0.15, 0.2) is 48.5 Å². The van der Waals surface area contributed by atoms with Crippen LogP contribution < -0.4 is 20.1 Å². The quantitative estimate of drug-likeness (QED) is 0.776. The molecule has 2 aromatic rings. The van der Waals surface area contributed by atoms with Crippen LogP contribution in [0.25, 0.3) is 0 Å². The van der Waals surface area contributed by atoms with Crippen LogP contribution in [0.3, 0.4) is 0 Å². The number of carbonyl (C=O) groups excluding carboxylic acids is 2. The number of anilines is 1. The Bertz CT molecular complexity index is 764. The van der Waals surface area contributed by atoms with Crippen molar-refractivity contribution in [3.8, 4) is 11.5 Å². The van der Waals surface area contributed by atoms with Gasteiger partial charge in [-0.3, -0.25) is 9.59 Å². The van der Waals surface area contributed by atoms with Gasteiger partial charge in [0.15, 0.2) is 6.10 Å². The lowest BCUT2D eigenvalue weighted by atomic mass is 10.1. The third kappa shape index (κ3) is 4.64. The summed E-state index contributed by atoms with van der Waals surface area (Å²) >= 11 is 5.79. The number of rotatable bonds is 6. The lowest BCUT2D eigenvalue weighted by molar-refractivity contribution is -0.130. The number of fused-ring (bicyclic) bond motifs is 1. The summed E-state index contributed by atoms with van der Waals surface area (Å²) in [6.07, 6.45) is -0.895. The van der Waals surface area contributed by atoms with Gasteiger partial charge in [-0.05, 0) is 36.4 Å². The molecule has 1 aliphatic heterocycles. The summed E-state index contributed by atoms with van der Waals surface area (Å²) < 4.78 is 11.1. The SMILES string of the molecule is O=C(C[C@@H]1Oc2ccccc2NC1=O)NCCOc1ccc(Cl)cc1. The molecule has 3 rings (SSSR count). The maximum atomic E-state index is 12.0. The number of halogens is 1. The summed E-state index contributed by atoms with van der Waals surface area (Å²) in [4.78, 5) is 24.0. The zero-order chi connectivity index (χ0) is 17.6. The number of hydrogen-bond acceptors (Lipinski definition) is 4. The second-order valence-corrected chi connectivity index (χ2v) is 5.88. The van der Waals surface area contributed by atoms with Gasteiger partial charge in [0, 0.05) is 5.02 Å². The summed E-state index contributed by atoms with van der Waals surface area (Å²) in [5.41, 5.74) is 0.612. The normalized spacial score (nSPS) is 15.6. The topological polar surface area (TPSA) is 76.7 Å². The lowest BCUT2D eigenvalue weighted by Gasteiger charge is -2.25. The van der Waals surface area contributed by atoms with Gasteiger partial charge in [-0.15, -0.1) is 0 Å². The van der Waals surface area contributed by atoms with Crippen molar-refractivity contribution in [2.75, 3.05) is 18.5 Å². The Morgan fingerprint density at radius 3 is 2.76 bits per heavy atom.